The second kappa shape index (κ2) is 5.98. The van der Waals surface area contributed by atoms with Gasteiger partial charge in [0, 0.05) is 0 Å². The van der Waals surface area contributed by atoms with E-state index in [-0.39, 0.29) is 5.82 Å². The van der Waals surface area contributed by atoms with Crippen LogP contribution in [0.3, 0.4) is 0 Å². The molecule has 1 nitrogen and oxygen atoms in total. The lowest BCUT2D eigenvalue weighted by Crippen LogP contribution is -2.01. The van der Waals surface area contributed by atoms with E-state index in [4.69, 9.17) is 0 Å². The highest BCUT2D eigenvalue weighted by atomic mass is 19.1. The summed E-state index contributed by atoms with van der Waals surface area (Å²) in [7, 11) is 0. The monoisotopic (exact) mass is 258 g/mol. The predicted octanol–water partition coefficient (Wildman–Crippen LogP) is 4.11. The van der Waals surface area contributed by atoms with Crippen LogP contribution in [0.25, 0.3) is 0 Å². The van der Waals surface area contributed by atoms with Crippen LogP contribution in [-0.2, 0) is 6.42 Å². The van der Waals surface area contributed by atoms with Gasteiger partial charge in [-0.1, -0.05) is 35.9 Å². The number of hydrogen-bond acceptors (Lipinski definition) is 1. The van der Waals surface area contributed by atoms with Crippen LogP contribution in [0, 0.1) is 19.7 Å². The van der Waals surface area contributed by atoms with Crippen LogP contribution in [0.1, 0.15) is 34.8 Å². The van der Waals surface area contributed by atoms with Crippen molar-refractivity contribution in [2.75, 3.05) is 0 Å². The van der Waals surface area contributed by atoms with Gasteiger partial charge in [-0.05, 0) is 55.5 Å². The van der Waals surface area contributed by atoms with E-state index in [1.165, 1.54) is 23.3 Å². The van der Waals surface area contributed by atoms with Crippen LogP contribution in [0.2, 0.25) is 0 Å². The molecule has 0 saturated heterocycles. The van der Waals surface area contributed by atoms with Crippen LogP contribution < -0.4 is 0 Å². The molecule has 0 radical (unpaired) electrons. The predicted molar refractivity (Wildman–Crippen MR) is 75.6 cm³/mol. The van der Waals surface area contributed by atoms with E-state index in [0.717, 1.165) is 12.0 Å². The van der Waals surface area contributed by atoms with Gasteiger partial charge in [0.25, 0.3) is 0 Å². The van der Waals surface area contributed by atoms with E-state index in [0.29, 0.717) is 12.0 Å². The summed E-state index contributed by atoms with van der Waals surface area (Å²) in [6, 6.07) is 13.0. The summed E-state index contributed by atoms with van der Waals surface area (Å²) in [5, 5.41) is 10.1. The van der Waals surface area contributed by atoms with Crippen LogP contribution in [0.15, 0.2) is 42.5 Å². The highest BCUT2D eigenvalue weighted by Gasteiger charge is 2.09. The number of rotatable bonds is 4. The van der Waals surface area contributed by atoms with Gasteiger partial charge in [0.05, 0.1) is 6.10 Å². The van der Waals surface area contributed by atoms with Gasteiger partial charge in [0.1, 0.15) is 5.82 Å². The van der Waals surface area contributed by atoms with Gasteiger partial charge < -0.3 is 5.11 Å². The Bertz CT molecular complexity index is 525. The molecule has 0 bridgehead atoms. The van der Waals surface area contributed by atoms with Crippen LogP contribution in [0.4, 0.5) is 4.39 Å². The zero-order valence-electron chi connectivity index (χ0n) is 11.4. The van der Waals surface area contributed by atoms with Gasteiger partial charge in [-0.2, -0.15) is 0 Å². The van der Waals surface area contributed by atoms with E-state index < -0.39 is 6.10 Å². The number of aliphatic hydroxyl groups excluding tert-OH is 1. The third-order valence-corrected chi connectivity index (χ3v) is 3.28. The molecule has 0 fully saturated rings. The molecule has 100 valence electrons. The van der Waals surface area contributed by atoms with Crippen LogP contribution in [0.5, 0.6) is 0 Å². The minimum atomic E-state index is -0.615. The van der Waals surface area contributed by atoms with Crippen molar-refractivity contribution >= 4 is 0 Å². The van der Waals surface area contributed by atoms with Crippen LogP contribution in [-0.4, -0.2) is 5.11 Å². The third-order valence-electron chi connectivity index (χ3n) is 3.28. The first kappa shape index (κ1) is 13.8. The van der Waals surface area contributed by atoms with Gasteiger partial charge in [0.2, 0.25) is 0 Å². The summed E-state index contributed by atoms with van der Waals surface area (Å²) in [6.07, 6.45) is 0.777. The molecule has 0 spiro atoms. The summed E-state index contributed by atoms with van der Waals surface area (Å²) in [5.74, 6) is -0.288. The molecular weight excluding hydrogens is 239 g/mol. The zero-order valence-corrected chi connectivity index (χ0v) is 11.4. The molecule has 1 atom stereocenters. The first-order valence-corrected chi connectivity index (χ1v) is 6.55. The Balaban J connectivity index is 2.00. The quantitative estimate of drug-likeness (QED) is 0.875. The van der Waals surface area contributed by atoms with Gasteiger partial charge in [-0.25, -0.2) is 4.39 Å². The number of halogens is 1. The maximum Gasteiger partial charge on any atom is 0.123 e. The molecule has 0 amide bonds. The van der Waals surface area contributed by atoms with Crippen molar-refractivity contribution in [3.8, 4) is 0 Å². The minimum Gasteiger partial charge on any atom is -0.388 e. The molecular formula is C17H19FO. The van der Waals surface area contributed by atoms with E-state index in [2.05, 4.69) is 24.3 Å². The zero-order chi connectivity index (χ0) is 13.8. The molecule has 0 saturated carbocycles. The Hall–Kier alpha value is -1.67. The summed E-state index contributed by atoms with van der Waals surface area (Å²) >= 11 is 0. The van der Waals surface area contributed by atoms with Gasteiger partial charge in [0.15, 0.2) is 0 Å². The smallest absolute Gasteiger partial charge is 0.123 e. The molecule has 2 aromatic carbocycles. The number of aryl methyl sites for hydroxylation is 3. The molecule has 0 aromatic heterocycles. The molecule has 1 unspecified atom stereocenters. The summed E-state index contributed by atoms with van der Waals surface area (Å²) < 4.78 is 13.3. The van der Waals surface area contributed by atoms with Gasteiger partial charge in [-0.15, -0.1) is 0 Å². The number of benzene rings is 2. The maximum absolute atomic E-state index is 13.3. The summed E-state index contributed by atoms with van der Waals surface area (Å²) in [6.45, 7) is 3.88. The first-order chi connectivity index (χ1) is 9.04. The highest BCUT2D eigenvalue weighted by molar-refractivity contribution is 5.26. The highest BCUT2D eigenvalue weighted by Crippen LogP contribution is 2.21. The Morgan fingerprint density at radius 3 is 2.32 bits per heavy atom. The topological polar surface area (TPSA) is 20.2 Å². The Morgan fingerprint density at radius 1 is 1.00 bits per heavy atom. The lowest BCUT2D eigenvalue weighted by atomic mass is 9.99. The largest absolute Gasteiger partial charge is 0.388 e. The molecule has 0 aliphatic rings. The average molecular weight is 258 g/mol. The average Bonchev–Trinajstić information content (AvgIpc) is 2.36. The van der Waals surface area contributed by atoms with E-state index in [1.807, 2.05) is 19.9 Å². The first-order valence-electron chi connectivity index (χ1n) is 6.55. The lowest BCUT2D eigenvalue weighted by molar-refractivity contribution is 0.167. The third kappa shape index (κ3) is 3.90. The van der Waals surface area contributed by atoms with Crippen LogP contribution >= 0.6 is 0 Å². The van der Waals surface area contributed by atoms with Crippen molar-refractivity contribution in [3.05, 3.63) is 70.5 Å². The van der Waals surface area contributed by atoms with E-state index in [9.17, 15) is 9.50 Å². The van der Waals surface area contributed by atoms with Gasteiger partial charge >= 0.3 is 0 Å². The molecule has 0 aliphatic heterocycles. The molecule has 2 rings (SSSR count). The molecule has 0 aliphatic carbocycles. The summed E-state index contributed by atoms with van der Waals surface area (Å²) in [5.41, 5.74) is 3.91. The fourth-order valence-corrected chi connectivity index (χ4v) is 2.18. The fourth-order valence-electron chi connectivity index (χ4n) is 2.18. The Morgan fingerprint density at radius 2 is 1.68 bits per heavy atom. The number of aliphatic hydroxyl groups is 1. The molecule has 2 aromatic rings. The standard InChI is InChI=1S/C17H19FO/c1-12-3-5-14(6-4-12)7-8-17(19)15-9-13(2)10-16(18)11-15/h3-6,9-11,17,19H,7-8H2,1-2H3. The second-order valence-electron chi connectivity index (χ2n) is 5.10. The Kier molecular flexibility index (Phi) is 4.33. The van der Waals surface area contributed by atoms with Crippen molar-refractivity contribution < 1.29 is 9.50 Å². The SMILES string of the molecule is Cc1ccc(CCC(O)c2cc(C)cc(F)c2)cc1. The summed E-state index contributed by atoms with van der Waals surface area (Å²) in [4.78, 5) is 0. The fraction of sp³-hybridized carbons (Fsp3) is 0.294. The number of hydrogen-bond donors (Lipinski definition) is 1. The Labute approximate surface area is 113 Å². The lowest BCUT2D eigenvalue weighted by Gasteiger charge is -2.12. The molecule has 19 heavy (non-hydrogen) atoms. The molecule has 0 heterocycles. The van der Waals surface area contributed by atoms with Crippen molar-refractivity contribution in [1.29, 1.82) is 0 Å². The maximum atomic E-state index is 13.3. The van der Waals surface area contributed by atoms with Crippen molar-refractivity contribution in [3.63, 3.8) is 0 Å². The normalized spacial score (nSPS) is 12.4. The van der Waals surface area contributed by atoms with E-state index >= 15 is 0 Å². The minimum absolute atomic E-state index is 0.288. The molecule has 2 heteroatoms. The van der Waals surface area contributed by atoms with Crippen molar-refractivity contribution in [2.45, 2.75) is 32.8 Å². The van der Waals surface area contributed by atoms with Crippen molar-refractivity contribution in [2.24, 2.45) is 0 Å². The van der Waals surface area contributed by atoms with E-state index in [1.54, 1.807) is 0 Å². The van der Waals surface area contributed by atoms with Gasteiger partial charge in [-0.3, -0.25) is 0 Å². The van der Waals surface area contributed by atoms with Crippen molar-refractivity contribution in [1.82, 2.24) is 0 Å². The second-order valence-corrected chi connectivity index (χ2v) is 5.10. The molecule has 1 N–H and O–H groups in total.